The predicted molar refractivity (Wildman–Crippen MR) is 122 cm³/mol. The summed E-state index contributed by atoms with van der Waals surface area (Å²) < 4.78 is 5.60. The molecule has 1 aromatic heterocycles. The van der Waals surface area contributed by atoms with Gasteiger partial charge in [0.15, 0.2) is 17.5 Å². The van der Waals surface area contributed by atoms with Crippen molar-refractivity contribution >= 4 is 11.6 Å². The molecule has 4 rings (SSSR count). The molecule has 0 bridgehead atoms. The number of nitrogens with zero attached hydrogens (tertiary/aromatic N) is 3. The molecule has 0 radical (unpaired) electrons. The first-order valence-electron chi connectivity index (χ1n) is 10.1. The molecule has 0 aliphatic heterocycles. The molecule has 4 aromatic rings. The molecule has 0 atom stereocenters. The first-order chi connectivity index (χ1) is 15.1. The predicted octanol–water partition coefficient (Wildman–Crippen LogP) is 5.23. The molecule has 0 saturated carbocycles. The van der Waals surface area contributed by atoms with Crippen LogP contribution < -0.4 is 10.1 Å². The highest BCUT2D eigenvalue weighted by Gasteiger charge is 2.16. The standard InChI is InChI=1S/C25H22N4O2/c1-3-31-20-14-15-21(22(16-20)26-17(2)30)25-28-23(18-10-6-4-7-11-18)27-24(29-25)19-12-8-5-9-13-19/h4-16H,3H2,1-2H3,(H,26,30). The Morgan fingerprint density at radius 2 is 1.35 bits per heavy atom. The van der Waals surface area contributed by atoms with Gasteiger partial charge in [-0.05, 0) is 19.1 Å². The smallest absolute Gasteiger partial charge is 0.221 e. The van der Waals surface area contributed by atoms with Crippen LogP contribution in [0.25, 0.3) is 34.2 Å². The van der Waals surface area contributed by atoms with Crippen LogP contribution in [0.5, 0.6) is 5.75 Å². The first-order valence-corrected chi connectivity index (χ1v) is 10.1. The van der Waals surface area contributed by atoms with Crippen molar-refractivity contribution in [2.75, 3.05) is 11.9 Å². The van der Waals surface area contributed by atoms with Crippen molar-refractivity contribution in [3.05, 3.63) is 78.9 Å². The Labute approximate surface area is 181 Å². The molecule has 0 saturated heterocycles. The van der Waals surface area contributed by atoms with Crippen molar-refractivity contribution in [1.29, 1.82) is 0 Å². The highest BCUT2D eigenvalue weighted by molar-refractivity contribution is 5.93. The second-order valence-corrected chi connectivity index (χ2v) is 6.86. The molecule has 3 aromatic carbocycles. The van der Waals surface area contributed by atoms with Gasteiger partial charge in [-0.15, -0.1) is 0 Å². The number of amides is 1. The Morgan fingerprint density at radius 3 is 1.87 bits per heavy atom. The molecule has 1 heterocycles. The minimum atomic E-state index is -0.185. The molecule has 1 amide bonds. The minimum absolute atomic E-state index is 0.185. The Hall–Kier alpha value is -4.06. The van der Waals surface area contributed by atoms with Gasteiger partial charge in [0.05, 0.1) is 12.3 Å². The number of anilines is 1. The monoisotopic (exact) mass is 410 g/mol. The van der Waals surface area contributed by atoms with E-state index in [-0.39, 0.29) is 5.91 Å². The van der Waals surface area contributed by atoms with Crippen molar-refractivity contribution < 1.29 is 9.53 Å². The normalized spacial score (nSPS) is 10.5. The average molecular weight is 410 g/mol. The van der Waals surface area contributed by atoms with E-state index in [1.54, 1.807) is 6.07 Å². The lowest BCUT2D eigenvalue weighted by Crippen LogP contribution is -2.09. The molecular formula is C25H22N4O2. The molecule has 154 valence electrons. The zero-order chi connectivity index (χ0) is 21.6. The quantitative estimate of drug-likeness (QED) is 0.471. The summed E-state index contributed by atoms with van der Waals surface area (Å²) in [4.78, 5) is 26.0. The van der Waals surface area contributed by atoms with Crippen molar-refractivity contribution in [2.45, 2.75) is 13.8 Å². The Bertz CT molecular complexity index is 1140. The highest BCUT2D eigenvalue weighted by Crippen LogP contribution is 2.32. The SMILES string of the molecule is CCOc1ccc(-c2nc(-c3ccccc3)nc(-c3ccccc3)n2)c(NC(C)=O)c1. The third kappa shape index (κ3) is 4.75. The average Bonchev–Trinajstić information content (AvgIpc) is 2.80. The number of benzene rings is 3. The fourth-order valence-corrected chi connectivity index (χ4v) is 3.20. The zero-order valence-corrected chi connectivity index (χ0v) is 17.4. The third-order valence-corrected chi connectivity index (χ3v) is 4.55. The van der Waals surface area contributed by atoms with E-state index in [2.05, 4.69) is 5.32 Å². The lowest BCUT2D eigenvalue weighted by molar-refractivity contribution is -0.114. The second-order valence-electron chi connectivity index (χ2n) is 6.86. The van der Waals surface area contributed by atoms with E-state index in [1.165, 1.54) is 6.92 Å². The van der Waals surface area contributed by atoms with Gasteiger partial charge in [0, 0.05) is 29.7 Å². The number of nitrogens with one attached hydrogen (secondary N) is 1. The third-order valence-electron chi connectivity index (χ3n) is 4.55. The van der Waals surface area contributed by atoms with E-state index < -0.39 is 0 Å². The van der Waals surface area contributed by atoms with Gasteiger partial charge in [0.2, 0.25) is 5.91 Å². The minimum Gasteiger partial charge on any atom is -0.494 e. The largest absolute Gasteiger partial charge is 0.494 e. The number of carbonyl (C=O) groups excluding carboxylic acids is 1. The van der Waals surface area contributed by atoms with Gasteiger partial charge >= 0.3 is 0 Å². The summed E-state index contributed by atoms with van der Waals surface area (Å²) in [5.41, 5.74) is 3.05. The number of aromatic nitrogens is 3. The van der Waals surface area contributed by atoms with Crippen LogP contribution in [-0.2, 0) is 4.79 Å². The topological polar surface area (TPSA) is 77.0 Å². The van der Waals surface area contributed by atoms with Gasteiger partial charge < -0.3 is 10.1 Å². The summed E-state index contributed by atoms with van der Waals surface area (Å²) in [6.07, 6.45) is 0. The van der Waals surface area contributed by atoms with Crippen LogP contribution in [0, 0.1) is 0 Å². The number of hydrogen-bond acceptors (Lipinski definition) is 5. The van der Waals surface area contributed by atoms with Crippen LogP contribution >= 0.6 is 0 Å². The number of rotatable bonds is 6. The zero-order valence-electron chi connectivity index (χ0n) is 17.4. The molecular weight excluding hydrogens is 388 g/mol. The lowest BCUT2D eigenvalue weighted by atomic mass is 10.1. The van der Waals surface area contributed by atoms with E-state index in [0.717, 1.165) is 11.1 Å². The van der Waals surface area contributed by atoms with Crippen LogP contribution in [0.3, 0.4) is 0 Å². The molecule has 6 nitrogen and oxygen atoms in total. The van der Waals surface area contributed by atoms with Crippen LogP contribution in [0.1, 0.15) is 13.8 Å². The summed E-state index contributed by atoms with van der Waals surface area (Å²) in [5, 5.41) is 2.87. The Morgan fingerprint density at radius 1 is 0.806 bits per heavy atom. The molecule has 0 unspecified atom stereocenters. The van der Waals surface area contributed by atoms with E-state index >= 15 is 0 Å². The van der Waals surface area contributed by atoms with E-state index in [4.69, 9.17) is 19.7 Å². The Kier molecular flexibility index (Phi) is 5.98. The van der Waals surface area contributed by atoms with E-state index in [9.17, 15) is 4.79 Å². The second kappa shape index (κ2) is 9.17. The molecule has 0 spiro atoms. The van der Waals surface area contributed by atoms with Crippen molar-refractivity contribution in [3.8, 4) is 39.9 Å². The number of ether oxygens (including phenoxy) is 1. The molecule has 31 heavy (non-hydrogen) atoms. The van der Waals surface area contributed by atoms with Crippen LogP contribution in [0.15, 0.2) is 78.9 Å². The molecule has 1 N–H and O–H groups in total. The van der Waals surface area contributed by atoms with E-state index in [1.807, 2.05) is 79.7 Å². The fourth-order valence-electron chi connectivity index (χ4n) is 3.20. The summed E-state index contributed by atoms with van der Waals surface area (Å²) in [5.74, 6) is 2.07. The van der Waals surface area contributed by atoms with Crippen molar-refractivity contribution in [2.24, 2.45) is 0 Å². The Balaban J connectivity index is 1.91. The van der Waals surface area contributed by atoms with Gasteiger partial charge in [-0.25, -0.2) is 15.0 Å². The maximum absolute atomic E-state index is 11.8. The summed E-state index contributed by atoms with van der Waals surface area (Å²) in [6, 6.07) is 25.0. The van der Waals surface area contributed by atoms with Crippen LogP contribution in [0.2, 0.25) is 0 Å². The van der Waals surface area contributed by atoms with Gasteiger partial charge in [0.1, 0.15) is 5.75 Å². The van der Waals surface area contributed by atoms with Gasteiger partial charge in [-0.1, -0.05) is 60.7 Å². The summed E-state index contributed by atoms with van der Waals surface area (Å²) >= 11 is 0. The molecule has 6 heteroatoms. The fraction of sp³-hybridized carbons (Fsp3) is 0.120. The van der Waals surface area contributed by atoms with Gasteiger partial charge in [0.25, 0.3) is 0 Å². The van der Waals surface area contributed by atoms with Gasteiger partial charge in [-0.3, -0.25) is 4.79 Å². The van der Waals surface area contributed by atoms with Crippen LogP contribution in [-0.4, -0.2) is 27.5 Å². The lowest BCUT2D eigenvalue weighted by Gasteiger charge is -2.13. The maximum Gasteiger partial charge on any atom is 0.221 e. The van der Waals surface area contributed by atoms with E-state index in [0.29, 0.717) is 41.1 Å². The maximum atomic E-state index is 11.8. The highest BCUT2D eigenvalue weighted by atomic mass is 16.5. The molecule has 0 fully saturated rings. The molecule has 0 aliphatic carbocycles. The number of carbonyl (C=O) groups is 1. The van der Waals surface area contributed by atoms with Crippen molar-refractivity contribution in [3.63, 3.8) is 0 Å². The summed E-state index contributed by atoms with van der Waals surface area (Å²) in [6.45, 7) is 3.91. The molecule has 0 aliphatic rings. The van der Waals surface area contributed by atoms with Crippen molar-refractivity contribution in [1.82, 2.24) is 15.0 Å². The first kappa shape index (κ1) is 20.2. The van der Waals surface area contributed by atoms with Gasteiger partial charge in [-0.2, -0.15) is 0 Å². The van der Waals surface area contributed by atoms with Crippen LogP contribution in [0.4, 0.5) is 5.69 Å². The summed E-state index contributed by atoms with van der Waals surface area (Å²) in [7, 11) is 0. The number of hydrogen-bond donors (Lipinski definition) is 1.